The minimum atomic E-state index is -1.51. The maximum Gasteiger partial charge on any atom is 0.361 e. The number of carbonyl (C=O) groups excluding carboxylic acids is 2. The molecule has 0 saturated carbocycles. The molecule has 1 N–H and O–H groups in total. The van der Waals surface area contributed by atoms with E-state index in [1.807, 2.05) is 21.1 Å². The molecule has 0 rings (SSSR count). The van der Waals surface area contributed by atoms with Crippen molar-refractivity contribution in [3.8, 4) is 0 Å². The van der Waals surface area contributed by atoms with E-state index in [0.717, 1.165) is 38.5 Å². The van der Waals surface area contributed by atoms with Gasteiger partial charge in [-0.05, 0) is 38.5 Å². The lowest BCUT2D eigenvalue weighted by Crippen LogP contribution is -2.40. The SMILES string of the molecule is CCCCCCCCCC/C=C\CCCCCCCCCCCCCCCCCCCCCCCC(=O)OC(COC(=O)CCCCCCCCCCCCCCCCCCCCCCCCCCCCCCCCCCCC)COC(OCC[N+](C)(C)C)C(=O)O. The number of carbonyl (C=O) groups is 3. The molecule has 0 aromatic rings. The quantitative estimate of drug-likeness (QED) is 0.0211. The molecule has 0 aliphatic carbocycles. The van der Waals surface area contributed by atoms with E-state index >= 15 is 0 Å². The molecule has 0 radical (unpaired) electrons. The van der Waals surface area contributed by atoms with E-state index in [4.69, 9.17) is 18.9 Å². The molecule has 0 amide bonds. The van der Waals surface area contributed by atoms with Gasteiger partial charge in [-0.15, -0.1) is 0 Å². The largest absolute Gasteiger partial charge is 0.477 e. The molecule has 546 valence electrons. The van der Waals surface area contributed by atoms with Gasteiger partial charge in [0.15, 0.2) is 6.10 Å². The monoisotopic (exact) mass is 1300 g/mol. The van der Waals surface area contributed by atoms with Crippen LogP contribution in [0.1, 0.15) is 444 Å². The smallest absolute Gasteiger partial charge is 0.361 e. The highest BCUT2D eigenvalue weighted by molar-refractivity contribution is 5.71. The van der Waals surface area contributed by atoms with Gasteiger partial charge in [-0.1, -0.05) is 405 Å². The Morgan fingerprint density at radius 2 is 0.554 bits per heavy atom. The molecule has 9 nitrogen and oxygen atoms in total. The van der Waals surface area contributed by atoms with Gasteiger partial charge in [0.2, 0.25) is 0 Å². The maximum atomic E-state index is 13.0. The van der Waals surface area contributed by atoms with Gasteiger partial charge < -0.3 is 28.5 Å². The number of unbranched alkanes of at least 4 members (excludes halogenated alkanes) is 62. The average Bonchev–Trinajstić information content (AvgIpc) is 3.69. The van der Waals surface area contributed by atoms with E-state index in [0.29, 0.717) is 17.4 Å². The van der Waals surface area contributed by atoms with Crippen molar-refractivity contribution in [2.24, 2.45) is 0 Å². The molecule has 0 bridgehead atoms. The van der Waals surface area contributed by atoms with Crippen molar-refractivity contribution in [2.45, 2.75) is 456 Å². The second-order valence-electron chi connectivity index (χ2n) is 29.8. The molecule has 0 aromatic heterocycles. The van der Waals surface area contributed by atoms with Gasteiger partial charge in [-0.2, -0.15) is 0 Å². The third-order valence-corrected chi connectivity index (χ3v) is 19.3. The first-order valence-electron chi connectivity index (χ1n) is 41.4. The summed E-state index contributed by atoms with van der Waals surface area (Å²) in [7, 11) is 6.00. The van der Waals surface area contributed by atoms with Crippen molar-refractivity contribution in [3.05, 3.63) is 12.2 Å². The van der Waals surface area contributed by atoms with Gasteiger partial charge in [0.25, 0.3) is 6.29 Å². The standard InChI is InChI=1S/C83H161NO8/c1-6-8-10-12-14-16-18-20-22-24-26-28-30-32-34-36-38-40-42-43-45-47-49-51-53-55-57-59-61-63-65-67-69-71-73-80(85)90-77-79(78-91-83(82(87)88)89-76-75-84(3,4)5)92-81(86)74-72-70-68-66-64-62-60-58-56-54-52-50-48-46-44-41-39-37-35-33-31-29-27-25-23-21-19-17-15-13-11-9-7-2/h25,27,79,83H,6-24,26,28-78H2,1-5H3/p+1/b27-25-. The number of rotatable bonds is 79. The Labute approximate surface area is 574 Å². The summed E-state index contributed by atoms with van der Waals surface area (Å²) in [4.78, 5) is 37.7. The van der Waals surface area contributed by atoms with Crippen LogP contribution in [0.5, 0.6) is 0 Å². The Balaban J connectivity index is 3.94. The first-order chi connectivity index (χ1) is 45.1. The molecule has 2 unspecified atom stereocenters. The van der Waals surface area contributed by atoms with E-state index in [1.54, 1.807) is 0 Å². The van der Waals surface area contributed by atoms with Crippen LogP contribution < -0.4 is 0 Å². The predicted octanol–water partition coefficient (Wildman–Crippen LogP) is 26.3. The van der Waals surface area contributed by atoms with Crippen LogP contribution in [0.25, 0.3) is 0 Å². The van der Waals surface area contributed by atoms with E-state index < -0.39 is 18.4 Å². The van der Waals surface area contributed by atoms with E-state index in [-0.39, 0.29) is 38.2 Å². The Bertz CT molecular complexity index is 1510. The number of aliphatic carboxylic acids is 1. The molecule has 0 spiro atoms. The van der Waals surface area contributed by atoms with Crippen LogP contribution in [0.2, 0.25) is 0 Å². The van der Waals surface area contributed by atoms with Crippen molar-refractivity contribution in [1.29, 1.82) is 0 Å². The molecule has 0 heterocycles. The Morgan fingerprint density at radius 3 is 0.804 bits per heavy atom. The summed E-state index contributed by atoms with van der Waals surface area (Å²) in [5.74, 6) is -1.96. The first-order valence-corrected chi connectivity index (χ1v) is 41.4. The highest BCUT2D eigenvalue weighted by Gasteiger charge is 2.25. The number of carboxylic acid groups (broad SMARTS) is 1. The minimum Gasteiger partial charge on any atom is -0.477 e. The van der Waals surface area contributed by atoms with Crippen molar-refractivity contribution in [3.63, 3.8) is 0 Å². The number of hydrogen-bond acceptors (Lipinski definition) is 7. The van der Waals surface area contributed by atoms with Crippen LogP contribution in [0, 0.1) is 0 Å². The lowest BCUT2D eigenvalue weighted by Gasteiger charge is -2.25. The van der Waals surface area contributed by atoms with E-state index in [1.165, 1.54) is 379 Å². The molecule has 92 heavy (non-hydrogen) atoms. The van der Waals surface area contributed by atoms with Gasteiger partial charge >= 0.3 is 17.9 Å². The molecule has 2 atom stereocenters. The van der Waals surface area contributed by atoms with Crippen molar-refractivity contribution in [2.75, 3.05) is 47.5 Å². The molecular weight excluding hydrogens is 1140 g/mol. The van der Waals surface area contributed by atoms with Gasteiger partial charge in [0, 0.05) is 12.8 Å². The van der Waals surface area contributed by atoms with Crippen LogP contribution in [0.4, 0.5) is 0 Å². The summed E-state index contributed by atoms with van der Waals surface area (Å²) >= 11 is 0. The number of esters is 2. The summed E-state index contributed by atoms with van der Waals surface area (Å²) in [5.41, 5.74) is 0. The lowest BCUT2D eigenvalue weighted by atomic mass is 10.0. The molecular formula is C83H162NO8+. The fraction of sp³-hybridized carbons (Fsp3) is 0.940. The normalized spacial score (nSPS) is 12.6. The van der Waals surface area contributed by atoms with Gasteiger partial charge in [-0.25, -0.2) is 4.79 Å². The maximum absolute atomic E-state index is 13.0. The van der Waals surface area contributed by atoms with E-state index in [2.05, 4.69) is 26.0 Å². The molecule has 0 fully saturated rings. The summed E-state index contributed by atoms with van der Waals surface area (Å²) < 4.78 is 23.1. The zero-order valence-electron chi connectivity index (χ0n) is 62.8. The van der Waals surface area contributed by atoms with Gasteiger partial charge in [-0.3, -0.25) is 9.59 Å². The highest BCUT2D eigenvalue weighted by atomic mass is 16.7. The number of hydrogen-bond donors (Lipinski definition) is 1. The topological polar surface area (TPSA) is 108 Å². The Kier molecular flexibility index (Phi) is 73.2. The molecule has 0 aromatic carbocycles. The summed E-state index contributed by atoms with van der Waals surface area (Å²) in [6.07, 6.45) is 91.0. The number of carboxylic acids is 1. The number of allylic oxidation sites excluding steroid dienone is 2. The Hall–Kier alpha value is -1.97. The molecule has 0 saturated heterocycles. The zero-order chi connectivity index (χ0) is 66.8. The second kappa shape index (κ2) is 74.8. The molecule has 0 aliphatic rings. The fourth-order valence-electron chi connectivity index (χ4n) is 13.0. The number of quaternary nitrogens is 1. The van der Waals surface area contributed by atoms with E-state index in [9.17, 15) is 19.5 Å². The summed E-state index contributed by atoms with van der Waals surface area (Å²) in [6.45, 7) is 4.98. The van der Waals surface area contributed by atoms with Gasteiger partial charge in [0.1, 0.15) is 13.2 Å². The van der Waals surface area contributed by atoms with Gasteiger partial charge in [0.05, 0.1) is 34.4 Å². The first kappa shape index (κ1) is 90.0. The third kappa shape index (κ3) is 75.4. The zero-order valence-corrected chi connectivity index (χ0v) is 62.8. The van der Waals surface area contributed by atoms with Crippen LogP contribution in [-0.4, -0.2) is 87.4 Å². The third-order valence-electron chi connectivity index (χ3n) is 19.3. The fourth-order valence-corrected chi connectivity index (χ4v) is 13.0. The molecule has 0 aliphatic heterocycles. The van der Waals surface area contributed by atoms with Crippen LogP contribution in [-0.2, 0) is 33.3 Å². The summed E-state index contributed by atoms with van der Waals surface area (Å²) in [5, 5.41) is 9.78. The van der Waals surface area contributed by atoms with Crippen LogP contribution >= 0.6 is 0 Å². The predicted molar refractivity (Wildman–Crippen MR) is 397 cm³/mol. The van der Waals surface area contributed by atoms with Crippen LogP contribution in [0.15, 0.2) is 12.2 Å². The highest BCUT2D eigenvalue weighted by Crippen LogP contribution is 2.21. The van der Waals surface area contributed by atoms with Crippen molar-refractivity contribution < 1.29 is 42.9 Å². The summed E-state index contributed by atoms with van der Waals surface area (Å²) in [6, 6.07) is 0. The molecule has 9 heteroatoms. The lowest BCUT2D eigenvalue weighted by molar-refractivity contribution is -0.870. The van der Waals surface area contributed by atoms with Crippen molar-refractivity contribution in [1.82, 2.24) is 0 Å². The number of ether oxygens (including phenoxy) is 4. The van der Waals surface area contributed by atoms with Crippen molar-refractivity contribution >= 4 is 17.9 Å². The number of likely N-dealkylation sites (N-methyl/N-ethyl adjacent to an activating group) is 1. The number of nitrogens with zero attached hydrogens (tertiary/aromatic N) is 1. The average molecular weight is 1300 g/mol. The minimum absolute atomic E-state index is 0.173. The Morgan fingerprint density at radius 1 is 0.315 bits per heavy atom. The second-order valence-corrected chi connectivity index (χ2v) is 29.8. The van der Waals surface area contributed by atoms with Crippen LogP contribution in [0.3, 0.4) is 0 Å².